The van der Waals surface area contributed by atoms with Gasteiger partial charge in [0.05, 0.1) is 11.0 Å². The standard InChI is InChI=1S/C53H34N4/c1-3-14-35(15-4-1)38-26-27-40-33-42(29-28-39(40)32-38)52-54-51(37-17-5-2-6-18-37)55-53(56-52)48-24-10-9-21-44(48)41-19-13-20-43(34-41)57-49-25-12-11-23-46(49)47-31-30-36-16-7-8-22-45(36)50(47)57/h1-34H. The van der Waals surface area contributed by atoms with E-state index in [-0.39, 0.29) is 0 Å². The van der Waals surface area contributed by atoms with Gasteiger partial charge in [-0.1, -0.05) is 176 Å². The van der Waals surface area contributed by atoms with Gasteiger partial charge in [-0.25, -0.2) is 15.0 Å². The minimum absolute atomic E-state index is 0.627. The van der Waals surface area contributed by atoms with E-state index in [0.29, 0.717) is 17.5 Å². The largest absolute Gasteiger partial charge is 0.309 e. The maximum absolute atomic E-state index is 5.22. The molecule has 11 rings (SSSR count). The van der Waals surface area contributed by atoms with Crippen molar-refractivity contribution in [2.24, 2.45) is 0 Å². The van der Waals surface area contributed by atoms with Gasteiger partial charge in [0.25, 0.3) is 0 Å². The second-order valence-corrected chi connectivity index (χ2v) is 14.4. The highest BCUT2D eigenvalue weighted by atomic mass is 15.0. The molecule has 2 aromatic heterocycles. The second kappa shape index (κ2) is 13.6. The Balaban J connectivity index is 1.06. The van der Waals surface area contributed by atoms with Crippen LogP contribution in [-0.4, -0.2) is 19.5 Å². The molecule has 0 fully saturated rings. The summed E-state index contributed by atoms with van der Waals surface area (Å²) in [5, 5.41) is 7.23. The van der Waals surface area contributed by atoms with Gasteiger partial charge in [-0.15, -0.1) is 0 Å². The molecule has 2 heterocycles. The van der Waals surface area contributed by atoms with Crippen LogP contribution in [0.4, 0.5) is 0 Å². The zero-order chi connectivity index (χ0) is 37.7. The Morgan fingerprint density at radius 2 is 0.877 bits per heavy atom. The van der Waals surface area contributed by atoms with Gasteiger partial charge in [0.15, 0.2) is 17.5 Å². The number of hydrogen-bond donors (Lipinski definition) is 0. The molecule has 0 atom stereocenters. The minimum atomic E-state index is 0.627. The molecule has 266 valence electrons. The summed E-state index contributed by atoms with van der Waals surface area (Å²) in [5.41, 5.74) is 10.8. The highest BCUT2D eigenvalue weighted by Gasteiger charge is 2.18. The summed E-state index contributed by atoms with van der Waals surface area (Å²) in [6.45, 7) is 0. The molecule has 0 unspecified atom stereocenters. The molecule has 57 heavy (non-hydrogen) atoms. The molecular weight excluding hydrogens is 693 g/mol. The number of aromatic nitrogens is 4. The molecule has 0 saturated carbocycles. The lowest BCUT2D eigenvalue weighted by atomic mass is 9.98. The molecule has 11 aromatic rings. The van der Waals surface area contributed by atoms with E-state index >= 15 is 0 Å². The fourth-order valence-corrected chi connectivity index (χ4v) is 8.28. The van der Waals surface area contributed by atoms with E-state index in [9.17, 15) is 0 Å². The maximum atomic E-state index is 5.22. The van der Waals surface area contributed by atoms with Crippen molar-refractivity contribution in [3.8, 4) is 62.1 Å². The van der Waals surface area contributed by atoms with Crippen molar-refractivity contribution in [3.05, 3.63) is 206 Å². The first kappa shape index (κ1) is 32.7. The molecule has 0 spiro atoms. The summed E-state index contributed by atoms with van der Waals surface area (Å²) in [5.74, 6) is 1.90. The minimum Gasteiger partial charge on any atom is -0.309 e. The van der Waals surface area contributed by atoms with E-state index in [2.05, 4.69) is 187 Å². The average molecular weight is 727 g/mol. The van der Waals surface area contributed by atoms with Crippen molar-refractivity contribution in [2.45, 2.75) is 0 Å². The van der Waals surface area contributed by atoms with Crippen molar-refractivity contribution < 1.29 is 0 Å². The Morgan fingerprint density at radius 1 is 0.298 bits per heavy atom. The molecule has 0 saturated heterocycles. The van der Waals surface area contributed by atoms with Crippen molar-refractivity contribution in [3.63, 3.8) is 0 Å². The Morgan fingerprint density at radius 3 is 1.68 bits per heavy atom. The smallest absolute Gasteiger partial charge is 0.164 e. The van der Waals surface area contributed by atoms with Crippen LogP contribution in [0.2, 0.25) is 0 Å². The van der Waals surface area contributed by atoms with Crippen LogP contribution in [0.3, 0.4) is 0 Å². The molecule has 4 nitrogen and oxygen atoms in total. The van der Waals surface area contributed by atoms with Crippen LogP contribution in [0.15, 0.2) is 206 Å². The van der Waals surface area contributed by atoms with E-state index in [1.165, 1.54) is 49.1 Å². The zero-order valence-electron chi connectivity index (χ0n) is 30.9. The van der Waals surface area contributed by atoms with E-state index in [1.54, 1.807) is 0 Å². The van der Waals surface area contributed by atoms with Gasteiger partial charge in [-0.05, 0) is 68.7 Å². The van der Waals surface area contributed by atoms with Crippen LogP contribution < -0.4 is 0 Å². The van der Waals surface area contributed by atoms with Gasteiger partial charge in [-0.2, -0.15) is 0 Å². The van der Waals surface area contributed by atoms with Gasteiger partial charge < -0.3 is 4.57 Å². The first-order valence-corrected chi connectivity index (χ1v) is 19.3. The third kappa shape index (κ3) is 5.74. The molecular formula is C53H34N4. The van der Waals surface area contributed by atoms with E-state index < -0.39 is 0 Å². The first-order chi connectivity index (χ1) is 28.2. The number of nitrogens with zero attached hydrogens (tertiary/aromatic N) is 4. The topological polar surface area (TPSA) is 43.6 Å². The van der Waals surface area contributed by atoms with Gasteiger partial charge in [-0.3, -0.25) is 0 Å². The fourth-order valence-electron chi connectivity index (χ4n) is 8.28. The number of hydrogen-bond acceptors (Lipinski definition) is 3. The van der Waals surface area contributed by atoms with Gasteiger partial charge in [0.2, 0.25) is 0 Å². The average Bonchev–Trinajstić information content (AvgIpc) is 3.64. The van der Waals surface area contributed by atoms with E-state index in [1.807, 2.05) is 24.3 Å². The second-order valence-electron chi connectivity index (χ2n) is 14.4. The SMILES string of the molecule is c1ccc(-c2ccc3cc(-c4nc(-c5ccccc5)nc(-c5ccccc5-c5cccc(-n6c7ccccc7c7ccc8ccccc8c76)c5)n4)ccc3c2)cc1. The third-order valence-electron chi connectivity index (χ3n) is 11.0. The Bertz CT molecular complexity index is 3290. The lowest BCUT2D eigenvalue weighted by Gasteiger charge is -2.14. The van der Waals surface area contributed by atoms with Crippen molar-refractivity contribution in [2.75, 3.05) is 0 Å². The third-order valence-corrected chi connectivity index (χ3v) is 11.0. The van der Waals surface area contributed by atoms with Crippen LogP contribution in [0.1, 0.15) is 0 Å². The van der Waals surface area contributed by atoms with Crippen molar-refractivity contribution >= 4 is 43.4 Å². The van der Waals surface area contributed by atoms with Crippen LogP contribution >= 0.6 is 0 Å². The molecule has 0 bridgehead atoms. The summed E-state index contributed by atoms with van der Waals surface area (Å²) >= 11 is 0. The molecule has 9 aromatic carbocycles. The summed E-state index contributed by atoms with van der Waals surface area (Å²) in [6.07, 6.45) is 0. The van der Waals surface area contributed by atoms with Gasteiger partial charge >= 0.3 is 0 Å². The molecule has 0 N–H and O–H groups in total. The Labute approximate surface area is 330 Å². The Kier molecular flexibility index (Phi) is 7.78. The zero-order valence-corrected chi connectivity index (χ0v) is 30.9. The van der Waals surface area contributed by atoms with E-state index in [4.69, 9.17) is 15.0 Å². The number of fused-ring (bicyclic) bond motifs is 6. The monoisotopic (exact) mass is 726 g/mol. The summed E-state index contributed by atoms with van der Waals surface area (Å²) in [7, 11) is 0. The predicted octanol–water partition coefficient (Wildman–Crippen LogP) is 13.6. The molecule has 0 aliphatic rings. The van der Waals surface area contributed by atoms with Crippen molar-refractivity contribution in [1.29, 1.82) is 0 Å². The summed E-state index contributed by atoms with van der Waals surface area (Å²) in [6, 6.07) is 72.9. The van der Waals surface area contributed by atoms with Crippen LogP contribution in [0.25, 0.3) is 105 Å². The van der Waals surface area contributed by atoms with Crippen molar-refractivity contribution in [1.82, 2.24) is 19.5 Å². The summed E-state index contributed by atoms with van der Waals surface area (Å²) in [4.78, 5) is 15.5. The predicted molar refractivity (Wildman–Crippen MR) is 236 cm³/mol. The van der Waals surface area contributed by atoms with Crippen LogP contribution in [0, 0.1) is 0 Å². The van der Waals surface area contributed by atoms with Gasteiger partial charge in [0, 0.05) is 38.5 Å². The Hall–Kier alpha value is -7.69. The normalized spacial score (nSPS) is 11.5. The molecule has 0 aliphatic heterocycles. The van der Waals surface area contributed by atoms with Crippen LogP contribution in [0.5, 0.6) is 0 Å². The molecule has 0 aliphatic carbocycles. The quantitative estimate of drug-likeness (QED) is 0.171. The molecule has 0 radical (unpaired) electrons. The fraction of sp³-hybridized carbons (Fsp3) is 0. The number of rotatable bonds is 6. The highest BCUT2D eigenvalue weighted by molar-refractivity contribution is 6.18. The number of para-hydroxylation sites is 1. The van der Waals surface area contributed by atoms with E-state index in [0.717, 1.165) is 38.9 Å². The molecule has 4 heteroatoms. The molecule has 0 amide bonds. The highest BCUT2D eigenvalue weighted by Crippen LogP contribution is 2.39. The summed E-state index contributed by atoms with van der Waals surface area (Å²) < 4.78 is 2.41. The lowest BCUT2D eigenvalue weighted by Crippen LogP contribution is -2.01. The first-order valence-electron chi connectivity index (χ1n) is 19.3. The maximum Gasteiger partial charge on any atom is 0.164 e. The van der Waals surface area contributed by atoms with Gasteiger partial charge in [0.1, 0.15) is 0 Å². The number of benzene rings is 9. The lowest BCUT2D eigenvalue weighted by molar-refractivity contribution is 1.07. The van der Waals surface area contributed by atoms with Crippen LogP contribution in [-0.2, 0) is 0 Å².